The molecule has 5 heteroatoms. The predicted molar refractivity (Wildman–Crippen MR) is 83.5 cm³/mol. The van der Waals surface area contributed by atoms with E-state index in [-0.39, 0.29) is 11.6 Å². The van der Waals surface area contributed by atoms with Crippen LogP contribution in [-0.4, -0.2) is 44.3 Å². The number of nitrogens with two attached hydrogens (primary N) is 1. The standard InChI is InChI=1S/C15H31N5/c1-7-19(8-2)15(5,6)13(16)9-14-17-11-18-20(14)10-12(3)4/h11-13H,7-10,16H2,1-6H3. The Bertz CT molecular complexity index is 393. The molecule has 0 bridgehead atoms. The molecule has 1 aromatic rings. The van der Waals surface area contributed by atoms with Crippen LogP contribution in [0.1, 0.15) is 47.4 Å². The number of likely N-dealkylation sites (N-methyl/N-ethyl adjacent to an activating group) is 1. The van der Waals surface area contributed by atoms with Gasteiger partial charge in [0.1, 0.15) is 12.2 Å². The topological polar surface area (TPSA) is 60.0 Å². The van der Waals surface area contributed by atoms with Crippen molar-refractivity contribution >= 4 is 0 Å². The molecule has 0 spiro atoms. The summed E-state index contributed by atoms with van der Waals surface area (Å²) in [6.45, 7) is 16.1. The Morgan fingerprint density at radius 2 is 1.90 bits per heavy atom. The van der Waals surface area contributed by atoms with Crippen LogP contribution in [0.3, 0.4) is 0 Å². The molecular weight excluding hydrogens is 250 g/mol. The van der Waals surface area contributed by atoms with Gasteiger partial charge in [-0.3, -0.25) is 4.90 Å². The largest absolute Gasteiger partial charge is 0.326 e. The molecule has 1 atom stereocenters. The van der Waals surface area contributed by atoms with Crippen molar-refractivity contribution in [2.45, 2.75) is 66.1 Å². The summed E-state index contributed by atoms with van der Waals surface area (Å²) in [5.41, 5.74) is 6.43. The van der Waals surface area contributed by atoms with Crippen molar-refractivity contribution in [2.24, 2.45) is 11.7 Å². The van der Waals surface area contributed by atoms with Crippen LogP contribution in [0.4, 0.5) is 0 Å². The maximum absolute atomic E-state index is 6.47. The van der Waals surface area contributed by atoms with Gasteiger partial charge in [-0.25, -0.2) is 9.67 Å². The summed E-state index contributed by atoms with van der Waals surface area (Å²) in [5.74, 6) is 1.55. The minimum atomic E-state index is -0.0435. The van der Waals surface area contributed by atoms with Crippen LogP contribution in [-0.2, 0) is 13.0 Å². The van der Waals surface area contributed by atoms with Crippen LogP contribution in [0.25, 0.3) is 0 Å². The van der Waals surface area contributed by atoms with Gasteiger partial charge in [0, 0.05) is 24.5 Å². The Kier molecular flexibility index (Phi) is 6.14. The highest BCUT2D eigenvalue weighted by atomic mass is 15.3. The molecule has 0 aromatic carbocycles. The van der Waals surface area contributed by atoms with Gasteiger partial charge in [-0.15, -0.1) is 0 Å². The van der Waals surface area contributed by atoms with Crippen LogP contribution in [0, 0.1) is 5.92 Å². The molecule has 0 amide bonds. The highest BCUT2D eigenvalue weighted by Gasteiger charge is 2.32. The van der Waals surface area contributed by atoms with E-state index in [0.717, 1.165) is 31.9 Å². The zero-order chi connectivity index (χ0) is 15.3. The number of aromatic nitrogens is 3. The van der Waals surface area contributed by atoms with Gasteiger partial charge in [-0.2, -0.15) is 5.10 Å². The van der Waals surface area contributed by atoms with Gasteiger partial charge in [-0.05, 0) is 32.9 Å². The maximum Gasteiger partial charge on any atom is 0.138 e. The molecule has 0 radical (unpaired) electrons. The Balaban J connectivity index is 2.79. The molecule has 1 heterocycles. The molecule has 116 valence electrons. The van der Waals surface area contributed by atoms with E-state index >= 15 is 0 Å². The van der Waals surface area contributed by atoms with Gasteiger partial charge < -0.3 is 5.73 Å². The molecule has 0 aliphatic carbocycles. The Labute approximate surface area is 123 Å². The first kappa shape index (κ1) is 17.1. The van der Waals surface area contributed by atoms with Crippen molar-refractivity contribution in [3.8, 4) is 0 Å². The smallest absolute Gasteiger partial charge is 0.138 e. The molecular formula is C15H31N5. The molecule has 1 unspecified atom stereocenters. The molecule has 2 N–H and O–H groups in total. The van der Waals surface area contributed by atoms with Gasteiger partial charge in [0.25, 0.3) is 0 Å². The fourth-order valence-corrected chi connectivity index (χ4v) is 2.66. The van der Waals surface area contributed by atoms with Gasteiger partial charge in [0.05, 0.1) is 0 Å². The normalized spacial score (nSPS) is 14.2. The van der Waals surface area contributed by atoms with E-state index in [1.54, 1.807) is 6.33 Å². The Morgan fingerprint density at radius 1 is 1.30 bits per heavy atom. The minimum Gasteiger partial charge on any atom is -0.326 e. The van der Waals surface area contributed by atoms with Gasteiger partial charge in [-0.1, -0.05) is 27.7 Å². The molecule has 0 saturated carbocycles. The molecule has 0 fully saturated rings. The monoisotopic (exact) mass is 281 g/mol. The molecule has 1 aromatic heterocycles. The van der Waals surface area contributed by atoms with Crippen molar-refractivity contribution in [3.63, 3.8) is 0 Å². The van der Waals surface area contributed by atoms with E-state index < -0.39 is 0 Å². The lowest BCUT2D eigenvalue weighted by molar-refractivity contribution is 0.105. The van der Waals surface area contributed by atoms with Crippen molar-refractivity contribution in [1.29, 1.82) is 0 Å². The first-order valence-corrected chi connectivity index (χ1v) is 7.70. The first-order chi connectivity index (χ1) is 9.32. The third-order valence-corrected chi connectivity index (χ3v) is 4.12. The summed E-state index contributed by atoms with van der Waals surface area (Å²) in [6, 6.07) is 0.0394. The van der Waals surface area contributed by atoms with Crippen LogP contribution >= 0.6 is 0 Å². The van der Waals surface area contributed by atoms with E-state index in [2.05, 4.69) is 56.5 Å². The highest BCUT2D eigenvalue weighted by molar-refractivity contribution is 4.98. The SMILES string of the molecule is CCN(CC)C(C)(C)C(N)Cc1ncnn1CC(C)C. The summed E-state index contributed by atoms with van der Waals surface area (Å²) >= 11 is 0. The number of rotatable bonds is 8. The molecule has 1 rings (SSSR count). The third-order valence-electron chi connectivity index (χ3n) is 4.12. The van der Waals surface area contributed by atoms with E-state index in [0.29, 0.717) is 5.92 Å². The first-order valence-electron chi connectivity index (χ1n) is 7.70. The quantitative estimate of drug-likeness (QED) is 0.791. The lowest BCUT2D eigenvalue weighted by Gasteiger charge is -2.41. The lowest BCUT2D eigenvalue weighted by Crippen LogP contribution is -2.57. The zero-order valence-electron chi connectivity index (χ0n) is 13.9. The average Bonchev–Trinajstić information content (AvgIpc) is 2.76. The fourth-order valence-electron chi connectivity index (χ4n) is 2.66. The van der Waals surface area contributed by atoms with Crippen LogP contribution in [0.15, 0.2) is 6.33 Å². The van der Waals surface area contributed by atoms with E-state index in [1.807, 2.05) is 4.68 Å². The summed E-state index contributed by atoms with van der Waals surface area (Å²) in [4.78, 5) is 6.79. The van der Waals surface area contributed by atoms with Crippen molar-refractivity contribution in [3.05, 3.63) is 12.2 Å². The number of nitrogens with zero attached hydrogens (tertiary/aromatic N) is 4. The van der Waals surface area contributed by atoms with E-state index in [1.165, 1.54) is 0 Å². The second-order valence-electron chi connectivity index (χ2n) is 6.39. The van der Waals surface area contributed by atoms with Crippen molar-refractivity contribution in [1.82, 2.24) is 19.7 Å². The van der Waals surface area contributed by atoms with Crippen LogP contribution in [0.2, 0.25) is 0 Å². The molecule has 0 saturated heterocycles. The zero-order valence-corrected chi connectivity index (χ0v) is 13.9. The van der Waals surface area contributed by atoms with Crippen LogP contribution < -0.4 is 5.73 Å². The average molecular weight is 281 g/mol. The lowest BCUT2D eigenvalue weighted by atomic mass is 9.90. The summed E-state index contributed by atoms with van der Waals surface area (Å²) < 4.78 is 1.99. The van der Waals surface area contributed by atoms with E-state index in [9.17, 15) is 0 Å². The number of hydrogen-bond acceptors (Lipinski definition) is 4. The van der Waals surface area contributed by atoms with Crippen molar-refractivity contribution in [2.75, 3.05) is 13.1 Å². The molecule has 0 aliphatic rings. The Hall–Kier alpha value is -0.940. The second kappa shape index (κ2) is 7.18. The summed E-state index contributed by atoms with van der Waals surface area (Å²) in [6.07, 6.45) is 2.39. The maximum atomic E-state index is 6.47. The summed E-state index contributed by atoms with van der Waals surface area (Å²) in [7, 11) is 0. The molecule has 5 nitrogen and oxygen atoms in total. The predicted octanol–water partition coefficient (Wildman–Crippen LogP) is 1.92. The number of hydrogen-bond donors (Lipinski definition) is 1. The highest BCUT2D eigenvalue weighted by Crippen LogP contribution is 2.20. The second-order valence-corrected chi connectivity index (χ2v) is 6.39. The van der Waals surface area contributed by atoms with Crippen LogP contribution in [0.5, 0.6) is 0 Å². The molecule has 20 heavy (non-hydrogen) atoms. The minimum absolute atomic E-state index is 0.0394. The van der Waals surface area contributed by atoms with E-state index in [4.69, 9.17) is 5.73 Å². The van der Waals surface area contributed by atoms with Gasteiger partial charge in [0.15, 0.2) is 0 Å². The fraction of sp³-hybridized carbons (Fsp3) is 0.867. The Morgan fingerprint density at radius 3 is 2.40 bits per heavy atom. The summed E-state index contributed by atoms with van der Waals surface area (Å²) in [5, 5.41) is 4.31. The van der Waals surface area contributed by atoms with Gasteiger partial charge in [0.2, 0.25) is 0 Å². The van der Waals surface area contributed by atoms with Gasteiger partial charge >= 0.3 is 0 Å². The third kappa shape index (κ3) is 4.03. The van der Waals surface area contributed by atoms with Crippen molar-refractivity contribution < 1.29 is 0 Å². The molecule has 0 aliphatic heterocycles.